The van der Waals surface area contributed by atoms with E-state index in [1.54, 1.807) is 6.07 Å². The summed E-state index contributed by atoms with van der Waals surface area (Å²) in [6.45, 7) is 2.31. The Morgan fingerprint density at radius 3 is 2.48 bits per heavy atom. The van der Waals surface area contributed by atoms with E-state index in [4.69, 9.17) is 4.74 Å². The Morgan fingerprint density at radius 1 is 1.04 bits per heavy atom. The van der Waals surface area contributed by atoms with Crippen LogP contribution in [0.5, 0.6) is 0 Å². The van der Waals surface area contributed by atoms with E-state index in [-0.39, 0.29) is 11.7 Å². The molecule has 0 radical (unpaired) electrons. The Hall–Kier alpha value is -2.57. The van der Waals surface area contributed by atoms with Crippen LogP contribution in [0, 0.1) is 11.6 Å². The SMILES string of the molecule is Fc1cccc(F)c1-c1ccnn1-c1ccc(C2CNCCO2)cc1. The second-order valence-corrected chi connectivity index (χ2v) is 5.88. The maximum absolute atomic E-state index is 14.1. The number of ether oxygens (including phenoxy) is 1. The largest absolute Gasteiger partial charge is 0.371 e. The van der Waals surface area contributed by atoms with E-state index in [0.717, 1.165) is 24.3 Å². The van der Waals surface area contributed by atoms with Crippen molar-refractivity contribution in [1.82, 2.24) is 15.1 Å². The molecule has 6 heteroatoms. The Labute approximate surface area is 144 Å². The van der Waals surface area contributed by atoms with Crippen LogP contribution < -0.4 is 5.32 Å². The highest BCUT2D eigenvalue weighted by Gasteiger charge is 2.18. The van der Waals surface area contributed by atoms with Crippen LogP contribution >= 0.6 is 0 Å². The summed E-state index contributed by atoms with van der Waals surface area (Å²) < 4.78 is 35.5. The Morgan fingerprint density at radius 2 is 1.80 bits per heavy atom. The normalized spacial score (nSPS) is 17.6. The van der Waals surface area contributed by atoms with Crippen molar-refractivity contribution in [1.29, 1.82) is 0 Å². The fourth-order valence-electron chi connectivity index (χ4n) is 3.05. The molecule has 1 aliphatic heterocycles. The van der Waals surface area contributed by atoms with E-state index < -0.39 is 11.6 Å². The third-order valence-electron chi connectivity index (χ3n) is 4.30. The topological polar surface area (TPSA) is 39.1 Å². The summed E-state index contributed by atoms with van der Waals surface area (Å²) in [7, 11) is 0. The van der Waals surface area contributed by atoms with Gasteiger partial charge in [0.05, 0.1) is 35.9 Å². The van der Waals surface area contributed by atoms with Gasteiger partial charge in [-0.25, -0.2) is 13.5 Å². The predicted molar refractivity (Wildman–Crippen MR) is 90.5 cm³/mol. The highest BCUT2D eigenvalue weighted by molar-refractivity contribution is 5.63. The molecule has 1 fully saturated rings. The van der Waals surface area contributed by atoms with Crippen molar-refractivity contribution in [3.8, 4) is 16.9 Å². The van der Waals surface area contributed by atoms with Crippen LogP contribution in [0.3, 0.4) is 0 Å². The summed E-state index contributed by atoms with van der Waals surface area (Å²) in [5.74, 6) is -1.22. The van der Waals surface area contributed by atoms with Crippen molar-refractivity contribution in [2.75, 3.05) is 19.7 Å². The van der Waals surface area contributed by atoms with Crippen LogP contribution in [0.15, 0.2) is 54.7 Å². The molecule has 25 heavy (non-hydrogen) atoms. The van der Waals surface area contributed by atoms with Gasteiger partial charge in [0.1, 0.15) is 11.6 Å². The molecular formula is C19H17F2N3O. The molecule has 0 amide bonds. The number of nitrogens with one attached hydrogen (secondary N) is 1. The average molecular weight is 341 g/mol. The third-order valence-corrected chi connectivity index (χ3v) is 4.30. The average Bonchev–Trinajstić information content (AvgIpc) is 3.12. The summed E-state index contributed by atoms with van der Waals surface area (Å²) in [5, 5.41) is 7.52. The summed E-state index contributed by atoms with van der Waals surface area (Å²) in [6.07, 6.45) is 1.55. The highest BCUT2D eigenvalue weighted by atomic mass is 19.1. The number of hydrogen-bond acceptors (Lipinski definition) is 3. The van der Waals surface area contributed by atoms with Crippen LogP contribution in [0.25, 0.3) is 16.9 Å². The van der Waals surface area contributed by atoms with E-state index in [1.807, 2.05) is 24.3 Å². The van der Waals surface area contributed by atoms with E-state index in [1.165, 1.54) is 29.1 Å². The second-order valence-electron chi connectivity index (χ2n) is 5.88. The first-order valence-corrected chi connectivity index (χ1v) is 8.15. The number of aromatic nitrogens is 2. The molecule has 1 N–H and O–H groups in total. The lowest BCUT2D eigenvalue weighted by Gasteiger charge is -2.24. The molecule has 2 aromatic carbocycles. The fraction of sp³-hybridized carbons (Fsp3) is 0.211. The molecule has 0 bridgehead atoms. The molecule has 4 rings (SSSR count). The zero-order chi connectivity index (χ0) is 17.2. The first-order valence-electron chi connectivity index (χ1n) is 8.15. The van der Waals surface area contributed by atoms with Gasteiger partial charge in [-0.15, -0.1) is 0 Å². The summed E-state index contributed by atoms with van der Waals surface area (Å²) in [4.78, 5) is 0. The zero-order valence-electron chi connectivity index (χ0n) is 13.5. The number of halogens is 2. The van der Waals surface area contributed by atoms with Gasteiger partial charge in [-0.3, -0.25) is 0 Å². The molecule has 0 aliphatic carbocycles. The quantitative estimate of drug-likeness (QED) is 0.793. The van der Waals surface area contributed by atoms with Crippen molar-refractivity contribution in [3.63, 3.8) is 0 Å². The van der Waals surface area contributed by atoms with Crippen molar-refractivity contribution in [3.05, 3.63) is 71.9 Å². The molecule has 3 aromatic rings. The monoisotopic (exact) mass is 341 g/mol. The first-order chi connectivity index (χ1) is 12.2. The van der Waals surface area contributed by atoms with Gasteiger partial charge in [0.25, 0.3) is 0 Å². The molecule has 0 saturated carbocycles. The van der Waals surface area contributed by atoms with Crippen LogP contribution in [0.2, 0.25) is 0 Å². The van der Waals surface area contributed by atoms with Gasteiger partial charge in [0.2, 0.25) is 0 Å². The van der Waals surface area contributed by atoms with Crippen LogP contribution in [0.1, 0.15) is 11.7 Å². The molecule has 0 spiro atoms. The maximum atomic E-state index is 14.1. The van der Waals surface area contributed by atoms with E-state index in [9.17, 15) is 8.78 Å². The zero-order valence-corrected chi connectivity index (χ0v) is 13.5. The van der Waals surface area contributed by atoms with Gasteiger partial charge in [0, 0.05) is 13.1 Å². The van der Waals surface area contributed by atoms with Crippen LogP contribution in [-0.2, 0) is 4.74 Å². The minimum Gasteiger partial charge on any atom is -0.371 e. The van der Waals surface area contributed by atoms with Crippen molar-refractivity contribution >= 4 is 0 Å². The molecule has 1 atom stereocenters. The predicted octanol–water partition coefficient (Wildman–Crippen LogP) is 3.48. The number of benzene rings is 2. The van der Waals surface area contributed by atoms with Gasteiger partial charge in [-0.2, -0.15) is 5.10 Å². The highest BCUT2D eigenvalue weighted by Crippen LogP contribution is 2.28. The van der Waals surface area contributed by atoms with Crippen LogP contribution in [-0.4, -0.2) is 29.5 Å². The van der Waals surface area contributed by atoms with Gasteiger partial charge in [-0.05, 0) is 35.9 Å². The second kappa shape index (κ2) is 6.74. The maximum Gasteiger partial charge on any atom is 0.135 e. The smallest absolute Gasteiger partial charge is 0.135 e. The van der Waals surface area contributed by atoms with E-state index in [0.29, 0.717) is 12.3 Å². The lowest BCUT2D eigenvalue weighted by Crippen LogP contribution is -2.33. The molecule has 1 unspecified atom stereocenters. The third kappa shape index (κ3) is 3.06. The number of morpholine rings is 1. The number of hydrogen-bond donors (Lipinski definition) is 1. The molecular weight excluding hydrogens is 324 g/mol. The first kappa shape index (κ1) is 15.9. The molecule has 1 saturated heterocycles. The summed E-state index contributed by atoms with van der Waals surface area (Å²) in [5.41, 5.74) is 2.08. The molecule has 1 aliphatic rings. The standard InChI is InChI=1S/C19H17F2N3O/c20-15-2-1-3-16(21)19(15)17-8-9-23-24(17)14-6-4-13(5-7-14)18-12-22-10-11-25-18/h1-9,18,22H,10-12H2. The van der Waals surface area contributed by atoms with Crippen LogP contribution in [0.4, 0.5) is 8.78 Å². The Kier molecular flexibility index (Phi) is 4.29. The molecule has 2 heterocycles. The number of rotatable bonds is 3. The fourth-order valence-corrected chi connectivity index (χ4v) is 3.05. The van der Waals surface area contributed by atoms with Crippen molar-refractivity contribution in [2.45, 2.75) is 6.10 Å². The van der Waals surface area contributed by atoms with Gasteiger partial charge in [0.15, 0.2) is 0 Å². The lowest BCUT2D eigenvalue weighted by molar-refractivity contribution is 0.0277. The minimum absolute atomic E-state index is 0.0175. The van der Waals surface area contributed by atoms with Crippen molar-refractivity contribution < 1.29 is 13.5 Å². The van der Waals surface area contributed by atoms with Crippen molar-refractivity contribution in [2.24, 2.45) is 0 Å². The molecule has 128 valence electrons. The Balaban J connectivity index is 1.68. The lowest BCUT2D eigenvalue weighted by atomic mass is 10.1. The van der Waals surface area contributed by atoms with Gasteiger partial charge < -0.3 is 10.1 Å². The summed E-state index contributed by atoms with van der Waals surface area (Å²) >= 11 is 0. The summed E-state index contributed by atoms with van der Waals surface area (Å²) in [6, 6.07) is 13.1. The van der Waals surface area contributed by atoms with E-state index >= 15 is 0 Å². The minimum atomic E-state index is -0.611. The van der Waals surface area contributed by atoms with Gasteiger partial charge >= 0.3 is 0 Å². The Bertz CT molecular complexity index is 850. The van der Waals surface area contributed by atoms with E-state index in [2.05, 4.69) is 10.4 Å². The molecule has 4 nitrogen and oxygen atoms in total. The van der Waals surface area contributed by atoms with Gasteiger partial charge in [-0.1, -0.05) is 18.2 Å². The number of nitrogens with zero attached hydrogens (tertiary/aromatic N) is 2. The molecule has 1 aromatic heterocycles.